The van der Waals surface area contributed by atoms with Crippen LogP contribution in [0.5, 0.6) is 5.75 Å². The summed E-state index contributed by atoms with van der Waals surface area (Å²) >= 11 is 5.91. The fraction of sp³-hybridized carbons (Fsp3) is 0.529. The minimum Gasteiger partial charge on any atom is -0.481 e. The smallest absolute Gasteiger partial charge is 0.310 e. The molecule has 1 heterocycles. The van der Waals surface area contributed by atoms with Crippen molar-refractivity contribution in [2.24, 2.45) is 5.92 Å². The normalized spacial score (nSPS) is 19.1. The molecule has 0 aromatic heterocycles. The molecule has 1 aliphatic rings. The number of rotatable bonds is 5. The van der Waals surface area contributed by atoms with Crippen molar-refractivity contribution >= 4 is 23.5 Å². The van der Waals surface area contributed by atoms with Gasteiger partial charge in [0, 0.05) is 18.1 Å². The third kappa shape index (κ3) is 4.86. The highest BCUT2D eigenvalue weighted by Gasteiger charge is 2.31. The number of likely N-dealkylation sites (tertiary alicyclic amines) is 1. The molecule has 1 aromatic carbocycles. The van der Waals surface area contributed by atoms with Crippen LogP contribution in [0.1, 0.15) is 26.7 Å². The zero-order chi connectivity index (χ0) is 16.8. The highest BCUT2D eigenvalue weighted by Crippen LogP contribution is 2.21. The molecule has 0 saturated carbocycles. The minimum absolute atomic E-state index is 0.126. The van der Waals surface area contributed by atoms with Gasteiger partial charge in [0.05, 0.1) is 12.5 Å². The lowest BCUT2D eigenvalue weighted by Crippen LogP contribution is -2.47. The van der Waals surface area contributed by atoms with Gasteiger partial charge in [0.25, 0.3) is 5.91 Å². The Labute approximate surface area is 141 Å². The number of carbonyl (C=O) groups is 2. The van der Waals surface area contributed by atoms with Crippen molar-refractivity contribution in [1.82, 2.24) is 4.90 Å². The predicted octanol–water partition coefficient (Wildman–Crippen LogP) is 2.91. The molecule has 2 atom stereocenters. The van der Waals surface area contributed by atoms with E-state index in [1.807, 2.05) is 0 Å². The Hall–Kier alpha value is -1.75. The van der Waals surface area contributed by atoms with Crippen molar-refractivity contribution in [3.8, 4) is 5.75 Å². The van der Waals surface area contributed by atoms with Gasteiger partial charge in [0.2, 0.25) is 0 Å². The molecule has 23 heavy (non-hydrogen) atoms. The fourth-order valence-corrected chi connectivity index (χ4v) is 2.86. The number of amides is 1. The monoisotopic (exact) mass is 339 g/mol. The quantitative estimate of drug-likeness (QED) is 0.774. The van der Waals surface area contributed by atoms with E-state index in [2.05, 4.69) is 0 Å². The van der Waals surface area contributed by atoms with E-state index in [0.717, 1.165) is 12.8 Å². The molecule has 6 heteroatoms. The van der Waals surface area contributed by atoms with E-state index < -0.39 is 6.10 Å². The van der Waals surface area contributed by atoms with Crippen molar-refractivity contribution < 1.29 is 19.1 Å². The van der Waals surface area contributed by atoms with Crippen LogP contribution in [0, 0.1) is 5.92 Å². The Morgan fingerprint density at radius 2 is 2.22 bits per heavy atom. The molecule has 1 saturated heterocycles. The molecule has 1 aliphatic heterocycles. The topological polar surface area (TPSA) is 55.8 Å². The maximum atomic E-state index is 12.5. The van der Waals surface area contributed by atoms with Gasteiger partial charge in [0.15, 0.2) is 6.10 Å². The van der Waals surface area contributed by atoms with Gasteiger partial charge in [0.1, 0.15) is 5.75 Å². The Bertz CT molecular complexity index is 563. The second kappa shape index (κ2) is 8.20. The van der Waals surface area contributed by atoms with Crippen LogP contribution >= 0.6 is 11.6 Å². The first-order valence-corrected chi connectivity index (χ1v) is 8.26. The summed E-state index contributed by atoms with van der Waals surface area (Å²) < 4.78 is 10.7. The van der Waals surface area contributed by atoms with Crippen LogP contribution < -0.4 is 4.74 Å². The molecule has 126 valence electrons. The highest BCUT2D eigenvalue weighted by molar-refractivity contribution is 6.30. The van der Waals surface area contributed by atoms with Crippen LogP contribution in [-0.2, 0) is 14.3 Å². The van der Waals surface area contributed by atoms with Crippen LogP contribution in [-0.4, -0.2) is 42.6 Å². The minimum atomic E-state index is -0.630. The molecule has 0 spiro atoms. The second-order valence-electron chi connectivity index (χ2n) is 5.59. The molecule has 1 amide bonds. The Morgan fingerprint density at radius 1 is 1.43 bits per heavy atom. The molecule has 0 N–H and O–H groups in total. The van der Waals surface area contributed by atoms with Crippen molar-refractivity contribution in [1.29, 1.82) is 0 Å². The average molecular weight is 340 g/mol. The summed E-state index contributed by atoms with van der Waals surface area (Å²) in [5.41, 5.74) is 0. The second-order valence-corrected chi connectivity index (χ2v) is 6.03. The van der Waals surface area contributed by atoms with Crippen LogP contribution in [0.4, 0.5) is 0 Å². The number of hydrogen-bond donors (Lipinski definition) is 0. The van der Waals surface area contributed by atoms with E-state index in [1.54, 1.807) is 43.0 Å². The number of ether oxygens (including phenoxy) is 2. The van der Waals surface area contributed by atoms with E-state index in [0.29, 0.717) is 30.5 Å². The van der Waals surface area contributed by atoms with Gasteiger partial charge < -0.3 is 14.4 Å². The zero-order valence-corrected chi connectivity index (χ0v) is 14.2. The number of carbonyl (C=O) groups excluding carboxylic acids is 2. The van der Waals surface area contributed by atoms with Crippen molar-refractivity contribution in [2.45, 2.75) is 32.8 Å². The molecule has 2 rings (SSSR count). The maximum absolute atomic E-state index is 12.5. The van der Waals surface area contributed by atoms with Crippen LogP contribution in [0.2, 0.25) is 5.02 Å². The number of esters is 1. The van der Waals surface area contributed by atoms with Gasteiger partial charge in [-0.1, -0.05) is 17.7 Å². The summed E-state index contributed by atoms with van der Waals surface area (Å²) in [5, 5.41) is 0.558. The Morgan fingerprint density at radius 3 is 2.91 bits per heavy atom. The number of hydrogen-bond acceptors (Lipinski definition) is 4. The van der Waals surface area contributed by atoms with E-state index in [4.69, 9.17) is 21.1 Å². The first-order chi connectivity index (χ1) is 11.0. The molecule has 0 aliphatic carbocycles. The summed E-state index contributed by atoms with van der Waals surface area (Å²) in [6.45, 7) is 4.87. The van der Waals surface area contributed by atoms with E-state index in [-0.39, 0.29) is 17.8 Å². The van der Waals surface area contributed by atoms with Crippen molar-refractivity contribution in [3.05, 3.63) is 29.3 Å². The summed E-state index contributed by atoms with van der Waals surface area (Å²) in [6, 6.07) is 6.94. The summed E-state index contributed by atoms with van der Waals surface area (Å²) in [4.78, 5) is 26.1. The number of benzene rings is 1. The largest absolute Gasteiger partial charge is 0.481 e. The predicted molar refractivity (Wildman–Crippen MR) is 87.5 cm³/mol. The summed E-state index contributed by atoms with van der Waals surface area (Å²) in [7, 11) is 0. The lowest BCUT2D eigenvalue weighted by Gasteiger charge is -2.33. The van der Waals surface area contributed by atoms with Gasteiger partial charge >= 0.3 is 5.97 Å². The molecule has 1 fully saturated rings. The van der Waals surface area contributed by atoms with Gasteiger partial charge in [-0.3, -0.25) is 9.59 Å². The third-order valence-corrected chi connectivity index (χ3v) is 4.04. The maximum Gasteiger partial charge on any atom is 0.310 e. The molecule has 0 bridgehead atoms. The van der Waals surface area contributed by atoms with Crippen molar-refractivity contribution in [2.75, 3.05) is 19.7 Å². The van der Waals surface area contributed by atoms with E-state index >= 15 is 0 Å². The van der Waals surface area contributed by atoms with Gasteiger partial charge in [-0.15, -0.1) is 0 Å². The lowest BCUT2D eigenvalue weighted by molar-refractivity contribution is -0.152. The average Bonchev–Trinajstić information content (AvgIpc) is 2.54. The van der Waals surface area contributed by atoms with Gasteiger partial charge in [-0.25, -0.2) is 0 Å². The SMILES string of the molecule is CCOC(=O)C1CCCN(C(=O)C(C)Oc2cccc(Cl)c2)C1. The van der Waals surface area contributed by atoms with Crippen molar-refractivity contribution in [3.63, 3.8) is 0 Å². The summed E-state index contributed by atoms with van der Waals surface area (Å²) in [5.74, 6) is -0.0456. The summed E-state index contributed by atoms with van der Waals surface area (Å²) in [6.07, 6.45) is 0.917. The Balaban J connectivity index is 1.94. The standard InChI is InChI=1S/C17H22ClNO4/c1-3-22-17(21)13-6-5-9-19(11-13)16(20)12(2)23-15-8-4-7-14(18)10-15/h4,7-8,10,12-13H,3,5-6,9,11H2,1-2H3. The highest BCUT2D eigenvalue weighted by atomic mass is 35.5. The zero-order valence-electron chi connectivity index (χ0n) is 13.5. The molecule has 1 aromatic rings. The van der Waals surface area contributed by atoms with Gasteiger partial charge in [-0.05, 0) is 44.9 Å². The van der Waals surface area contributed by atoms with Crippen LogP contribution in [0.3, 0.4) is 0 Å². The third-order valence-electron chi connectivity index (χ3n) is 3.81. The lowest BCUT2D eigenvalue weighted by atomic mass is 9.98. The fourth-order valence-electron chi connectivity index (χ4n) is 2.68. The molecular weight excluding hydrogens is 318 g/mol. The first kappa shape index (κ1) is 17.6. The Kier molecular flexibility index (Phi) is 6.28. The molecule has 2 unspecified atom stereocenters. The van der Waals surface area contributed by atoms with Crippen LogP contribution in [0.25, 0.3) is 0 Å². The van der Waals surface area contributed by atoms with E-state index in [9.17, 15) is 9.59 Å². The first-order valence-electron chi connectivity index (χ1n) is 7.89. The number of halogens is 1. The van der Waals surface area contributed by atoms with E-state index in [1.165, 1.54) is 0 Å². The van der Waals surface area contributed by atoms with Gasteiger partial charge in [-0.2, -0.15) is 0 Å². The number of piperidine rings is 1. The molecule has 0 radical (unpaired) electrons. The molecular formula is C17H22ClNO4. The van der Waals surface area contributed by atoms with Crippen LogP contribution in [0.15, 0.2) is 24.3 Å². The number of nitrogens with zero attached hydrogens (tertiary/aromatic N) is 1. The molecule has 5 nitrogen and oxygen atoms in total.